The Morgan fingerprint density at radius 1 is 1.30 bits per heavy atom. The molecule has 3 rings (SSSR count). The minimum absolute atomic E-state index is 0.124. The van der Waals surface area contributed by atoms with Crippen molar-refractivity contribution in [2.75, 3.05) is 39.6 Å². The van der Waals surface area contributed by atoms with Crippen LogP contribution in [0, 0.1) is 11.8 Å². The van der Waals surface area contributed by atoms with Crippen LogP contribution in [0.5, 0.6) is 5.88 Å². The zero-order valence-corrected chi connectivity index (χ0v) is 19.1. The number of aromatic nitrogens is 2. The summed E-state index contributed by atoms with van der Waals surface area (Å²) < 4.78 is 5.41. The van der Waals surface area contributed by atoms with E-state index in [1.165, 1.54) is 17.3 Å². The van der Waals surface area contributed by atoms with Crippen molar-refractivity contribution in [1.82, 2.24) is 19.8 Å². The maximum absolute atomic E-state index is 12.6. The number of nitrogens with two attached hydrogens (primary N) is 1. The molecule has 172 valence electrons. The van der Waals surface area contributed by atoms with Crippen molar-refractivity contribution in [3.63, 3.8) is 0 Å². The van der Waals surface area contributed by atoms with E-state index >= 15 is 0 Å². The van der Waals surface area contributed by atoms with Gasteiger partial charge in [0.25, 0.3) is 5.91 Å². The number of carbonyl (C=O) groups is 2. The highest BCUT2D eigenvalue weighted by atomic mass is 16.5. The van der Waals surface area contributed by atoms with Gasteiger partial charge in [-0.2, -0.15) is 0 Å². The zero-order chi connectivity index (χ0) is 24.0. The van der Waals surface area contributed by atoms with Gasteiger partial charge in [0.2, 0.25) is 11.8 Å². The SMILES string of the molecule is CN(C)CC#CCOc1cnc(C(=O)Nc2cccc(C3(C)CC(=O)N(C)C(N)=N3)c2)cn1. The van der Waals surface area contributed by atoms with Crippen molar-refractivity contribution in [2.45, 2.75) is 18.9 Å². The fraction of sp³-hybridized carbons (Fsp3) is 0.348. The molecule has 0 aliphatic carbocycles. The summed E-state index contributed by atoms with van der Waals surface area (Å²) in [5, 5.41) is 2.79. The van der Waals surface area contributed by atoms with Gasteiger partial charge in [0.15, 0.2) is 12.6 Å². The lowest BCUT2D eigenvalue weighted by Crippen LogP contribution is -2.47. The third-order valence-electron chi connectivity index (χ3n) is 4.99. The number of hydrogen-bond acceptors (Lipinski definition) is 8. The van der Waals surface area contributed by atoms with E-state index in [1.54, 1.807) is 25.2 Å². The normalized spacial score (nSPS) is 17.8. The van der Waals surface area contributed by atoms with Crippen LogP contribution in [0.25, 0.3) is 0 Å². The molecule has 1 atom stereocenters. The van der Waals surface area contributed by atoms with Gasteiger partial charge in [-0.15, -0.1) is 0 Å². The van der Waals surface area contributed by atoms with Crippen LogP contribution in [0.15, 0.2) is 41.7 Å². The second-order valence-electron chi connectivity index (χ2n) is 8.03. The summed E-state index contributed by atoms with van der Waals surface area (Å²) in [6.45, 7) is 2.66. The molecule has 3 N–H and O–H groups in total. The van der Waals surface area contributed by atoms with Crippen molar-refractivity contribution in [2.24, 2.45) is 10.7 Å². The maximum atomic E-state index is 12.6. The predicted octanol–water partition coefficient (Wildman–Crippen LogP) is 1.06. The van der Waals surface area contributed by atoms with Gasteiger partial charge in [0.1, 0.15) is 5.69 Å². The zero-order valence-electron chi connectivity index (χ0n) is 19.1. The molecule has 10 heteroatoms. The van der Waals surface area contributed by atoms with Gasteiger partial charge >= 0.3 is 0 Å². The van der Waals surface area contributed by atoms with Gasteiger partial charge in [-0.1, -0.05) is 24.0 Å². The Morgan fingerprint density at radius 2 is 2.09 bits per heavy atom. The van der Waals surface area contributed by atoms with Crippen LogP contribution in [-0.2, 0) is 10.3 Å². The van der Waals surface area contributed by atoms with Crippen LogP contribution >= 0.6 is 0 Å². The molecule has 2 aromatic rings. The van der Waals surface area contributed by atoms with E-state index in [0.717, 1.165) is 5.56 Å². The number of rotatable bonds is 6. The Balaban J connectivity index is 1.65. The fourth-order valence-electron chi connectivity index (χ4n) is 3.08. The quantitative estimate of drug-likeness (QED) is 0.632. The predicted molar refractivity (Wildman–Crippen MR) is 125 cm³/mol. The van der Waals surface area contributed by atoms with E-state index in [9.17, 15) is 9.59 Å². The minimum atomic E-state index is -0.817. The maximum Gasteiger partial charge on any atom is 0.275 e. The first kappa shape index (κ1) is 23.7. The van der Waals surface area contributed by atoms with E-state index in [1.807, 2.05) is 32.0 Å². The molecule has 0 fully saturated rings. The van der Waals surface area contributed by atoms with Crippen LogP contribution < -0.4 is 15.8 Å². The molecule has 10 nitrogen and oxygen atoms in total. The minimum Gasteiger partial charge on any atom is -0.463 e. The van der Waals surface area contributed by atoms with Gasteiger partial charge < -0.3 is 15.8 Å². The number of amides is 2. The monoisotopic (exact) mass is 449 g/mol. The standard InChI is InChI=1S/C23H27N7O3/c1-23(13-20(31)30(4)22(24)28-23)16-8-7-9-17(12-16)27-21(32)18-14-26-19(15-25-18)33-11-6-5-10-29(2)3/h7-9,12,14-15H,10-11,13H2,1-4H3,(H2,24,28)(H,27,32). The van der Waals surface area contributed by atoms with Crippen LogP contribution in [0.3, 0.4) is 0 Å². The van der Waals surface area contributed by atoms with Gasteiger partial charge in [-0.05, 0) is 38.7 Å². The number of ether oxygens (including phenoxy) is 1. The van der Waals surface area contributed by atoms with Crippen LogP contribution in [0.4, 0.5) is 5.69 Å². The van der Waals surface area contributed by atoms with Crippen molar-refractivity contribution in [1.29, 1.82) is 0 Å². The Hall–Kier alpha value is -3.97. The van der Waals surface area contributed by atoms with Crippen molar-refractivity contribution in [3.05, 3.63) is 47.9 Å². The van der Waals surface area contributed by atoms with E-state index in [2.05, 4.69) is 32.1 Å². The lowest BCUT2D eigenvalue weighted by atomic mass is 9.87. The third-order valence-corrected chi connectivity index (χ3v) is 4.99. The van der Waals surface area contributed by atoms with Gasteiger partial charge in [0, 0.05) is 12.7 Å². The molecular formula is C23H27N7O3. The van der Waals surface area contributed by atoms with Crippen LogP contribution in [-0.4, -0.2) is 71.8 Å². The molecule has 0 spiro atoms. The Morgan fingerprint density at radius 3 is 2.76 bits per heavy atom. The molecule has 33 heavy (non-hydrogen) atoms. The summed E-state index contributed by atoms with van der Waals surface area (Å²) in [4.78, 5) is 40.8. The molecule has 1 unspecified atom stereocenters. The highest BCUT2D eigenvalue weighted by molar-refractivity contribution is 6.03. The molecular weight excluding hydrogens is 422 g/mol. The van der Waals surface area contributed by atoms with Gasteiger partial charge in [0.05, 0.1) is 30.9 Å². The summed E-state index contributed by atoms with van der Waals surface area (Å²) in [7, 11) is 5.45. The first-order valence-electron chi connectivity index (χ1n) is 10.3. The molecule has 1 aliphatic rings. The number of carbonyl (C=O) groups excluding carboxylic acids is 2. The molecule has 1 aliphatic heterocycles. The number of nitrogens with zero attached hydrogens (tertiary/aromatic N) is 5. The molecule has 0 bridgehead atoms. The summed E-state index contributed by atoms with van der Waals surface area (Å²) >= 11 is 0. The molecule has 2 heterocycles. The Bertz CT molecular complexity index is 1120. The largest absolute Gasteiger partial charge is 0.463 e. The van der Waals surface area contributed by atoms with E-state index < -0.39 is 11.4 Å². The van der Waals surface area contributed by atoms with Gasteiger partial charge in [-0.25, -0.2) is 15.0 Å². The molecule has 1 aromatic heterocycles. The van der Waals surface area contributed by atoms with Crippen LogP contribution in [0.1, 0.15) is 29.4 Å². The summed E-state index contributed by atoms with van der Waals surface area (Å²) in [5.74, 6) is 5.72. The van der Waals surface area contributed by atoms with Crippen molar-refractivity contribution in [3.8, 4) is 17.7 Å². The van der Waals surface area contributed by atoms with Crippen LogP contribution in [0.2, 0.25) is 0 Å². The third kappa shape index (κ3) is 6.05. The highest BCUT2D eigenvalue weighted by Crippen LogP contribution is 2.34. The first-order valence-corrected chi connectivity index (χ1v) is 10.3. The van der Waals surface area contributed by atoms with E-state index in [4.69, 9.17) is 10.5 Å². The second kappa shape index (κ2) is 10.1. The van der Waals surface area contributed by atoms with Gasteiger partial charge in [-0.3, -0.25) is 19.4 Å². The van der Waals surface area contributed by atoms with E-state index in [0.29, 0.717) is 12.2 Å². The Kier molecular flexibility index (Phi) is 7.25. The molecule has 0 saturated carbocycles. The lowest BCUT2D eigenvalue weighted by Gasteiger charge is -2.33. The van der Waals surface area contributed by atoms with E-state index in [-0.39, 0.29) is 36.5 Å². The molecule has 0 radical (unpaired) electrons. The summed E-state index contributed by atoms with van der Waals surface area (Å²) in [6, 6.07) is 7.14. The fourth-order valence-corrected chi connectivity index (χ4v) is 3.08. The second-order valence-corrected chi connectivity index (χ2v) is 8.03. The van der Waals surface area contributed by atoms with Crippen molar-refractivity contribution < 1.29 is 14.3 Å². The highest BCUT2D eigenvalue weighted by Gasteiger charge is 2.36. The Labute approximate surface area is 192 Å². The number of guanidine groups is 1. The molecule has 1 aromatic carbocycles. The first-order chi connectivity index (χ1) is 15.7. The summed E-state index contributed by atoms with van der Waals surface area (Å²) in [6.07, 6.45) is 2.89. The average Bonchev–Trinajstić information content (AvgIpc) is 2.77. The average molecular weight is 450 g/mol. The topological polar surface area (TPSA) is 126 Å². The van der Waals surface area contributed by atoms with Crippen molar-refractivity contribution >= 4 is 23.5 Å². The summed E-state index contributed by atoms with van der Waals surface area (Å²) in [5.41, 5.74) is 6.51. The number of benzene rings is 1. The molecule has 2 amide bonds. The number of anilines is 1. The smallest absolute Gasteiger partial charge is 0.275 e. The number of nitrogens with one attached hydrogen (secondary N) is 1. The lowest BCUT2D eigenvalue weighted by molar-refractivity contribution is -0.128. The number of hydrogen-bond donors (Lipinski definition) is 2. The molecule has 0 saturated heterocycles. The number of aliphatic imine (C=N–C) groups is 1.